The van der Waals surface area contributed by atoms with Gasteiger partial charge in [0.2, 0.25) is 0 Å². The monoisotopic (exact) mass is 406 g/mol. The predicted molar refractivity (Wildman–Crippen MR) is 112 cm³/mol. The van der Waals surface area contributed by atoms with Gasteiger partial charge in [-0.15, -0.1) is 0 Å². The first kappa shape index (κ1) is 20.0. The minimum Gasteiger partial charge on any atom is -0.467 e. The van der Waals surface area contributed by atoms with Gasteiger partial charge in [-0.05, 0) is 49.1 Å². The Morgan fingerprint density at radius 2 is 1.70 bits per heavy atom. The van der Waals surface area contributed by atoms with E-state index in [-0.39, 0.29) is 23.6 Å². The molecule has 1 aliphatic carbocycles. The fourth-order valence-electron chi connectivity index (χ4n) is 4.01. The van der Waals surface area contributed by atoms with Crippen molar-refractivity contribution in [2.45, 2.75) is 44.2 Å². The highest BCUT2D eigenvalue weighted by atomic mass is 16.3. The largest absolute Gasteiger partial charge is 0.467 e. The fraction of sp³-hybridized carbons (Fsp3) is 0.333. The maximum Gasteiger partial charge on any atom is 0.290 e. The molecule has 4 rings (SSSR count). The summed E-state index contributed by atoms with van der Waals surface area (Å²) in [6, 6.07) is 15.9. The van der Waals surface area contributed by atoms with Crippen molar-refractivity contribution in [3.05, 3.63) is 84.2 Å². The minimum atomic E-state index is -0.859. The average Bonchev–Trinajstić information content (AvgIpc) is 3.55. The van der Waals surface area contributed by atoms with Crippen molar-refractivity contribution in [3.63, 3.8) is 0 Å². The number of amides is 2. The third-order valence-corrected chi connectivity index (χ3v) is 5.55. The Morgan fingerprint density at radius 1 is 0.967 bits per heavy atom. The molecule has 2 heterocycles. The number of rotatable bonds is 8. The summed E-state index contributed by atoms with van der Waals surface area (Å²) in [5.74, 6) is 0.0930. The van der Waals surface area contributed by atoms with Crippen molar-refractivity contribution in [3.8, 4) is 0 Å². The van der Waals surface area contributed by atoms with Crippen molar-refractivity contribution < 1.29 is 18.4 Å². The second kappa shape index (κ2) is 9.48. The molecular formula is C24H26N2O4. The lowest BCUT2D eigenvalue weighted by molar-refractivity contribution is -0.127. The topological polar surface area (TPSA) is 75.7 Å². The van der Waals surface area contributed by atoms with E-state index in [0.29, 0.717) is 18.7 Å². The van der Waals surface area contributed by atoms with E-state index < -0.39 is 6.04 Å². The standard InChI is InChI=1S/C24H26N2O4/c27-23(25-19-10-4-5-11-19)22(20-12-6-16-29-20)26(24(28)21-13-7-17-30-21)15-14-18-8-2-1-3-9-18/h1-3,6-9,12-13,16-17,19,22H,4-5,10-11,14-15H2,(H,25,27). The Labute approximate surface area is 175 Å². The van der Waals surface area contributed by atoms with Gasteiger partial charge in [-0.2, -0.15) is 0 Å². The zero-order chi connectivity index (χ0) is 20.8. The van der Waals surface area contributed by atoms with Crippen molar-refractivity contribution >= 4 is 11.8 Å². The van der Waals surface area contributed by atoms with Crippen molar-refractivity contribution in [2.24, 2.45) is 0 Å². The molecule has 1 atom stereocenters. The molecule has 30 heavy (non-hydrogen) atoms. The number of nitrogens with one attached hydrogen (secondary N) is 1. The van der Waals surface area contributed by atoms with E-state index in [0.717, 1.165) is 31.2 Å². The lowest BCUT2D eigenvalue weighted by atomic mass is 10.1. The molecule has 3 aromatic rings. The van der Waals surface area contributed by atoms with E-state index in [9.17, 15) is 9.59 Å². The number of nitrogens with zero attached hydrogens (tertiary/aromatic N) is 1. The lowest BCUT2D eigenvalue weighted by Crippen LogP contribution is -2.46. The summed E-state index contributed by atoms with van der Waals surface area (Å²) in [5.41, 5.74) is 1.09. The molecule has 2 amide bonds. The van der Waals surface area contributed by atoms with Gasteiger partial charge in [-0.25, -0.2) is 0 Å². The molecule has 0 saturated heterocycles. The van der Waals surface area contributed by atoms with Gasteiger partial charge in [-0.1, -0.05) is 43.2 Å². The third-order valence-electron chi connectivity index (χ3n) is 5.55. The van der Waals surface area contributed by atoms with Gasteiger partial charge < -0.3 is 19.1 Å². The van der Waals surface area contributed by atoms with Gasteiger partial charge in [0.15, 0.2) is 11.8 Å². The summed E-state index contributed by atoms with van der Waals surface area (Å²) in [7, 11) is 0. The van der Waals surface area contributed by atoms with Crippen LogP contribution in [0, 0.1) is 0 Å². The highest BCUT2D eigenvalue weighted by Gasteiger charge is 2.36. The molecule has 6 heteroatoms. The second-order valence-electron chi connectivity index (χ2n) is 7.62. The van der Waals surface area contributed by atoms with Gasteiger partial charge in [0, 0.05) is 12.6 Å². The summed E-state index contributed by atoms with van der Waals surface area (Å²) in [5, 5.41) is 3.12. The van der Waals surface area contributed by atoms with Crippen LogP contribution in [0.3, 0.4) is 0 Å². The first-order valence-corrected chi connectivity index (χ1v) is 10.4. The number of hydrogen-bond donors (Lipinski definition) is 1. The van der Waals surface area contributed by atoms with Crippen LogP contribution in [0.15, 0.2) is 76.0 Å². The van der Waals surface area contributed by atoms with Crippen LogP contribution in [-0.4, -0.2) is 29.3 Å². The molecule has 1 aliphatic rings. The summed E-state index contributed by atoms with van der Waals surface area (Å²) >= 11 is 0. The molecule has 0 bridgehead atoms. The first-order chi connectivity index (χ1) is 14.7. The Balaban J connectivity index is 1.62. The van der Waals surface area contributed by atoms with Crippen LogP contribution in [0.1, 0.15) is 53.6 Å². The van der Waals surface area contributed by atoms with Crippen LogP contribution < -0.4 is 5.32 Å². The van der Waals surface area contributed by atoms with Gasteiger partial charge >= 0.3 is 0 Å². The molecule has 0 spiro atoms. The molecule has 1 saturated carbocycles. The molecule has 1 aromatic carbocycles. The number of hydrogen-bond acceptors (Lipinski definition) is 4. The smallest absolute Gasteiger partial charge is 0.290 e. The zero-order valence-electron chi connectivity index (χ0n) is 16.8. The predicted octanol–water partition coefficient (Wildman–Crippen LogP) is 4.36. The highest BCUT2D eigenvalue weighted by molar-refractivity contribution is 5.95. The maximum absolute atomic E-state index is 13.3. The number of carbonyl (C=O) groups excluding carboxylic acids is 2. The summed E-state index contributed by atoms with van der Waals surface area (Å²) < 4.78 is 11.0. The van der Waals surface area contributed by atoms with Crippen LogP contribution >= 0.6 is 0 Å². The molecular weight excluding hydrogens is 380 g/mol. The quantitative estimate of drug-likeness (QED) is 0.603. The van der Waals surface area contributed by atoms with E-state index >= 15 is 0 Å². The van der Waals surface area contributed by atoms with Crippen LogP contribution in [0.25, 0.3) is 0 Å². The number of benzene rings is 1. The molecule has 6 nitrogen and oxygen atoms in total. The van der Waals surface area contributed by atoms with E-state index in [2.05, 4.69) is 5.32 Å². The highest BCUT2D eigenvalue weighted by Crippen LogP contribution is 2.26. The summed E-state index contributed by atoms with van der Waals surface area (Å²) in [6.07, 6.45) is 7.75. The molecule has 2 aromatic heterocycles. The van der Waals surface area contributed by atoms with Gasteiger partial charge in [-0.3, -0.25) is 9.59 Å². The third kappa shape index (κ3) is 4.64. The summed E-state index contributed by atoms with van der Waals surface area (Å²) in [6.45, 7) is 0.354. The van der Waals surface area contributed by atoms with Gasteiger partial charge in [0.1, 0.15) is 5.76 Å². The van der Waals surface area contributed by atoms with Crippen LogP contribution in [0.2, 0.25) is 0 Å². The van der Waals surface area contributed by atoms with Crippen LogP contribution in [0.5, 0.6) is 0 Å². The zero-order valence-corrected chi connectivity index (χ0v) is 16.8. The van der Waals surface area contributed by atoms with E-state index in [1.807, 2.05) is 30.3 Å². The lowest BCUT2D eigenvalue weighted by Gasteiger charge is -2.30. The van der Waals surface area contributed by atoms with Crippen LogP contribution in [0.4, 0.5) is 0 Å². The molecule has 1 N–H and O–H groups in total. The van der Waals surface area contributed by atoms with Crippen molar-refractivity contribution in [2.75, 3.05) is 6.54 Å². The van der Waals surface area contributed by atoms with Gasteiger partial charge in [0.25, 0.3) is 11.8 Å². The van der Waals surface area contributed by atoms with E-state index in [4.69, 9.17) is 8.83 Å². The van der Waals surface area contributed by atoms with E-state index in [1.165, 1.54) is 12.5 Å². The van der Waals surface area contributed by atoms with Crippen LogP contribution in [-0.2, 0) is 11.2 Å². The number of furan rings is 2. The van der Waals surface area contributed by atoms with Crippen molar-refractivity contribution in [1.29, 1.82) is 0 Å². The Bertz CT molecular complexity index is 929. The van der Waals surface area contributed by atoms with E-state index in [1.54, 1.807) is 29.2 Å². The molecule has 1 fully saturated rings. The molecule has 156 valence electrons. The molecule has 0 radical (unpaired) electrons. The fourth-order valence-corrected chi connectivity index (χ4v) is 4.01. The Kier molecular flexibility index (Phi) is 6.32. The average molecular weight is 406 g/mol. The molecule has 1 unspecified atom stereocenters. The Hall–Kier alpha value is -3.28. The number of carbonyl (C=O) groups is 2. The maximum atomic E-state index is 13.3. The SMILES string of the molecule is O=C(NC1CCCC1)C(c1ccco1)N(CCc1ccccc1)C(=O)c1ccco1. The second-order valence-corrected chi connectivity index (χ2v) is 7.62. The minimum absolute atomic E-state index is 0.143. The van der Waals surface area contributed by atoms with Crippen molar-refractivity contribution in [1.82, 2.24) is 10.2 Å². The first-order valence-electron chi connectivity index (χ1n) is 10.4. The summed E-state index contributed by atoms with van der Waals surface area (Å²) in [4.78, 5) is 28.2. The Morgan fingerprint density at radius 3 is 2.37 bits per heavy atom. The normalized spacial score (nSPS) is 15.1. The molecule has 0 aliphatic heterocycles. The van der Waals surface area contributed by atoms with Gasteiger partial charge in [0.05, 0.1) is 12.5 Å².